The standard InChI is InChI=1S/C25H24N2O2/c1-27-15-14-20-16-21(12-13-22(20)27)23(28)17-26-25(29)24(18-8-4-2-5-9-18)19-10-6-3-7-11-19/h2-16,23-24,28H,17H2,1H3,(H,26,29). The van der Waals surface area contributed by atoms with E-state index in [2.05, 4.69) is 5.32 Å². The molecule has 0 aliphatic heterocycles. The van der Waals surface area contributed by atoms with Crippen LogP contribution in [-0.4, -0.2) is 22.1 Å². The van der Waals surface area contributed by atoms with Crippen LogP contribution in [0.4, 0.5) is 0 Å². The predicted molar refractivity (Wildman–Crippen MR) is 116 cm³/mol. The third kappa shape index (κ3) is 4.08. The van der Waals surface area contributed by atoms with Crippen LogP contribution in [0.1, 0.15) is 28.7 Å². The summed E-state index contributed by atoms with van der Waals surface area (Å²) in [4.78, 5) is 13.1. The average molecular weight is 384 g/mol. The minimum Gasteiger partial charge on any atom is -0.387 e. The third-order valence-corrected chi connectivity index (χ3v) is 5.29. The molecular formula is C25H24N2O2. The van der Waals surface area contributed by atoms with E-state index in [1.807, 2.05) is 103 Å². The molecule has 29 heavy (non-hydrogen) atoms. The Morgan fingerprint density at radius 1 is 0.897 bits per heavy atom. The van der Waals surface area contributed by atoms with Crippen LogP contribution < -0.4 is 5.32 Å². The van der Waals surface area contributed by atoms with Crippen molar-refractivity contribution in [3.8, 4) is 0 Å². The summed E-state index contributed by atoms with van der Waals surface area (Å²) >= 11 is 0. The van der Waals surface area contributed by atoms with Crippen molar-refractivity contribution >= 4 is 16.8 Å². The zero-order valence-corrected chi connectivity index (χ0v) is 16.3. The summed E-state index contributed by atoms with van der Waals surface area (Å²) in [5.74, 6) is -0.538. The average Bonchev–Trinajstić information content (AvgIpc) is 3.14. The maximum atomic E-state index is 13.1. The van der Waals surface area contributed by atoms with Crippen LogP contribution in [0, 0.1) is 0 Å². The molecule has 4 rings (SSSR count). The molecule has 0 saturated carbocycles. The monoisotopic (exact) mass is 384 g/mol. The van der Waals surface area contributed by atoms with Crippen LogP contribution in [-0.2, 0) is 11.8 Å². The number of nitrogens with zero attached hydrogens (tertiary/aromatic N) is 1. The molecule has 146 valence electrons. The molecule has 0 bridgehead atoms. The molecule has 3 aromatic carbocycles. The molecule has 4 heteroatoms. The lowest BCUT2D eigenvalue weighted by atomic mass is 9.90. The van der Waals surface area contributed by atoms with Gasteiger partial charge in [0.05, 0.1) is 12.0 Å². The first kappa shape index (κ1) is 19.0. The molecule has 0 saturated heterocycles. The fraction of sp³-hybridized carbons (Fsp3) is 0.160. The number of carbonyl (C=O) groups excluding carboxylic acids is 1. The van der Waals surface area contributed by atoms with Gasteiger partial charge in [0.2, 0.25) is 5.91 Å². The maximum Gasteiger partial charge on any atom is 0.232 e. The minimum atomic E-state index is -0.768. The summed E-state index contributed by atoms with van der Waals surface area (Å²) in [6, 6.07) is 27.3. The van der Waals surface area contributed by atoms with E-state index >= 15 is 0 Å². The van der Waals surface area contributed by atoms with Gasteiger partial charge in [-0.1, -0.05) is 66.7 Å². The predicted octanol–water partition coefficient (Wildman–Crippen LogP) is 4.16. The zero-order chi connectivity index (χ0) is 20.2. The molecule has 1 aromatic heterocycles. The van der Waals surface area contributed by atoms with Gasteiger partial charge in [0.25, 0.3) is 0 Å². The third-order valence-electron chi connectivity index (χ3n) is 5.29. The number of aromatic nitrogens is 1. The second-order valence-corrected chi connectivity index (χ2v) is 7.26. The van der Waals surface area contributed by atoms with Gasteiger partial charge in [-0.15, -0.1) is 0 Å². The molecule has 0 spiro atoms. The first-order chi connectivity index (χ1) is 14.1. The van der Waals surface area contributed by atoms with Crippen LogP contribution in [0.5, 0.6) is 0 Å². The van der Waals surface area contributed by atoms with E-state index in [9.17, 15) is 9.90 Å². The van der Waals surface area contributed by atoms with Crippen molar-refractivity contribution in [2.75, 3.05) is 6.54 Å². The lowest BCUT2D eigenvalue weighted by molar-refractivity contribution is -0.122. The van der Waals surface area contributed by atoms with E-state index < -0.39 is 12.0 Å². The number of aliphatic hydroxyl groups is 1. The van der Waals surface area contributed by atoms with Gasteiger partial charge in [0, 0.05) is 25.3 Å². The molecule has 4 aromatic rings. The SMILES string of the molecule is Cn1ccc2cc(C(O)CNC(=O)C(c3ccccc3)c3ccccc3)ccc21. The summed E-state index contributed by atoms with van der Waals surface area (Å²) < 4.78 is 2.04. The van der Waals surface area contributed by atoms with Gasteiger partial charge in [0.1, 0.15) is 0 Å². The molecule has 0 fully saturated rings. The quantitative estimate of drug-likeness (QED) is 0.524. The Morgan fingerprint density at radius 3 is 2.14 bits per heavy atom. The molecule has 1 heterocycles. The molecule has 1 atom stereocenters. The van der Waals surface area contributed by atoms with Crippen molar-refractivity contribution in [1.29, 1.82) is 0 Å². The first-order valence-electron chi connectivity index (χ1n) is 9.74. The number of hydrogen-bond acceptors (Lipinski definition) is 2. The number of aryl methyl sites for hydroxylation is 1. The van der Waals surface area contributed by atoms with Crippen molar-refractivity contribution in [3.63, 3.8) is 0 Å². The van der Waals surface area contributed by atoms with Crippen molar-refractivity contribution in [2.45, 2.75) is 12.0 Å². The van der Waals surface area contributed by atoms with Crippen molar-refractivity contribution in [3.05, 3.63) is 108 Å². The minimum absolute atomic E-state index is 0.123. The molecule has 4 nitrogen and oxygen atoms in total. The molecular weight excluding hydrogens is 360 g/mol. The summed E-state index contributed by atoms with van der Waals surface area (Å²) in [6.45, 7) is 0.160. The molecule has 0 aliphatic rings. The Bertz CT molecular complexity index is 1060. The molecule has 1 amide bonds. The Morgan fingerprint density at radius 2 is 1.52 bits per heavy atom. The lowest BCUT2D eigenvalue weighted by Gasteiger charge is -2.19. The van der Waals surface area contributed by atoms with Crippen molar-refractivity contribution in [2.24, 2.45) is 7.05 Å². The first-order valence-corrected chi connectivity index (χ1v) is 9.74. The number of aliphatic hydroxyl groups excluding tert-OH is 1. The van der Waals surface area contributed by atoms with E-state index in [1.54, 1.807) is 0 Å². The second-order valence-electron chi connectivity index (χ2n) is 7.26. The van der Waals surface area contributed by atoms with Crippen LogP contribution in [0.3, 0.4) is 0 Å². The highest BCUT2D eigenvalue weighted by atomic mass is 16.3. The Balaban J connectivity index is 1.51. The number of rotatable bonds is 6. The van der Waals surface area contributed by atoms with Gasteiger partial charge >= 0.3 is 0 Å². The van der Waals surface area contributed by atoms with Gasteiger partial charge in [-0.2, -0.15) is 0 Å². The van der Waals surface area contributed by atoms with E-state index in [-0.39, 0.29) is 12.5 Å². The van der Waals surface area contributed by atoms with Crippen LogP contribution >= 0.6 is 0 Å². The number of carbonyl (C=O) groups is 1. The molecule has 0 aliphatic carbocycles. The molecule has 0 radical (unpaired) electrons. The topological polar surface area (TPSA) is 54.3 Å². The Labute approximate surface area is 170 Å². The van der Waals surface area contributed by atoms with Gasteiger partial charge in [-0.05, 0) is 40.3 Å². The summed E-state index contributed by atoms with van der Waals surface area (Å²) in [5.41, 5.74) is 3.76. The number of benzene rings is 3. The second kappa shape index (κ2) is 8.33. The highest BCUT2D eigenvalue weighted by Crippen LogP contribution is 2.25. The zero-order valence-electron chi connectivity index (χ0n) is 16.3. The van der Waals surface area contributed by atoms with Gasteiger partial charge in [-0.3, -0.25) is 4.79 Å². The fourth-order valence-corrected chi connectivity index (χ4v) is 3.71. The fourth-order valence-electron chi connectivity index (χ4n) is 3.71. The number of nitrogens with one attached hydrogen (secondary N) is 1. The normalized spacial score (nSPS) is 12.2. The van der Waals surface area contributed by atoms with Gasteiger partial charge in [-0.25, -0.2) is 0 Å². The smallest absolute Gasteiger partial charge is 0.232 e. The van der Waals surface area contributed by atoms with Gasteiger partial charge < -0.3 is 15.0 Å². The van der Waals surface area contributed by atoms with Gasteiger partial charge in [0.15, 0.2) is 0 Å². The highest BCUT2D eigenvalue weighted by Gasteiger charge is 2.23. The van der Waals surface area contributed by atoms with E-state index in [0.29, 0.717) is 0 Å². The summed E-state index contributed by atoms with van der Waals surface area (Å²) in [6.07, 6.45) is 1.23. The Hall–Kier alpha value is -3.37. The summed E-state index contributed by atoms with van der Waals surface area (Å²) in [7, 11) is 1.99. The highest BCUT2D eigenvalue weighted by molar-refractivity contribution is 5.87. The number of hydrogen-bond donors (Lipinski definition) is 2. The largest absolute Gasteiger partial charge is 0.387 e. The maximum absolute atomic E-state index is 13.1. The lowest BCUT2D eigenvalue weighted by Crippen LogP contribution is -2.33. The number of fused-ring (bicyclic) bond motifs is 1. The molecule has 2 N–H and O–H groups in total. The molecule has 1 unspecified atom stereocenters. The van der Waals surface area contributed by atoms with Crippen LogP contribution in [0.2, 0.25) is 0 Å². The van der Waals surface area contributed by atoms with Crippen molar-refractivity contribution in [1.82, 2.24) is 9.88 Å². The number of amides is 1. The van der Waals surface area contributed by atoms with Crippen LogP contribution in [0.25, 0.3) is 10.9 Å². The van der Waals surface area contributed by atoms with E-state index in [0.717, 1.165) is 27.6 Å². The van der Waals surface area contributed by atoms with Crippen molar-refractivity contribution < 1.29 is 9.90 Å². The van der Waals surface area contributed by atoms with E-state index in [4.69, 9.17) is 0 Å². The van der Waals surface area contributed by atoms with E-state index in [1.165, 1.54) is 0 Å². The summed E-state index contributed by atoms with van der Waals surface area (Å²) in [5, 5.41) is 14.6. The Kier molecular flexibility index (Phi) is 5.45. The van der Waals surface area contributed by atoms with Crippen LogP contribution in [0.15, 0.2) is 91.1 Å².